The number of hydrogen-bond acceptors (Lipinski definition) is 3. The quantitative estimate of drug-likeness (QED) is 0.761. The zero-order valence-corrected chi connectivity index (χ0v) is 12.4. The first-order chi connectivity index (χ1) is 9.63. The highest BCUT2D eigenvalue weighted by Gasteiger charge is 2.08. The summed E-state index contributed by atoms with van der Waals surface area (Å²) in [6.07, 6.45) is 1.38. The Morgan fingerprint density at radius 2 is 1.85 bits per heavy atom. The van der Waals surface area contributed by atoms with Gasteiger partial charge >= 0.3 is 0 Å². The van der Waals surface area contributed by atoms with E-state index in [0.29, 0.717) is 20.9 Å². The summed E-state index contributed by atoms with van der Waals surface area (Å²) in [5.41, 5.74) is 0.426. The highest BCUT2D eigenvalue weighted by molar-refractivity contribution is 7.99. The number of hydrogen-bond donors (Lipinski definition) is 1. The van der Waals surface area contributed by atoms with Gasteiger partial charge in [-0.05, 0) is 36.4 Å². The van der Waals surface area contributed by atoms with Gasteiger partial charge in [-0.3, -0.25) is 4.79 Å². The van der Waals surface area contributed by atoms with Crippen LogP contribution in [0.1, 0.15) is 0 Å². The Bertz CT molecular complexity index is 831. The summed E-state index contributed by atoms with van der Waals surface area (Å²) in [5, 5.41) is 1.70. The maximum Gasteiger partial charge on any atom is 0.258 e. The molecular formula is C14H8Cl2N2OS. The largest absolute Gasteiger partial charge is 0.313 e. The zero-order valence-electron chi connectivity index (χ0n) is 10.1. The third-order valence-electron chi connectivity index (χ3n) is 2.74. The number of aromatic nitrogens is 2. The summed E-state index contributed by atoms with van der Waals surface area (Å²) in [7, 11) is 0. The Morgan fingerprint density at radius 1 is 1.10 bits per heavy atom. The molecule has 0 amide bonds. The van der Waals surface area contributed by atoms with Crippen LogP contribution in [0.4, 0.5) is 0 Å². The first-order valence-electron chi connectivity index (χ1n) is 5.74. The van der Waals surface area contributed by atoms with Gasteiger partial charge in [-0.2, -0.15) is 0 Å². The predicted octanol–water partition coefficient (Wildman–Crippen LogP) is 4.38. The van der Waals surface area contributed by atoms with E-state index in [-0.39, 0.29) is 5.56 Å². The molecule has 100 valence electrons. The molecule has 2 aromatic carbocycles. The predicted molar refractivity (Wildman–Crippen MR) is 82.9 cm³/mol. The maximum absolute atomic E-state index is 11.7. The smallest absolute Gasteiger partial charge is 0.258 e. The number of nitrogens with one attached hydrogen (secondary N) is 1. The molecule has 0 unspecified atom stereocenters. The van der Waals surface area contributed by atoms with Gasteiger partial charge in [-0.15, -0.1) is 0 Å². The number of halogens is 2. The van der Waals surface area contributed by atoms with E-state index in [2.05, 4.69) is 9.97 Å². The minimum absolute atomic E-state index is 0.194. The average Bonchev–Trinajstić information content (AvgIpc) is 2.43. The molecule has 1 N–H and O–H groups in total. The molecule has 6 heteroatoms. The van der Waals surface area contributed by atoms with Crippen LogP contribution in [0, 0.1) is 0 Å². The molecule has 0 aliphatic carbocycles. The SMILES string of the molecule is O=c1[nH]cnc2cc(Sc3ccc(Cl)cc3)c(Cl)cc12. The van der Waals surface area contributed by atoms with Gasteiger partial charge in [-0.1, -0.05) is 35.0 Å². The second-order valence-electron chi connectivity index (χ2n) is 4.09. The Kier molecular flexibility index (Phi) is 3.70. The molecule has 3 nitrogen and oxygen atoms in total. The van der Waals surface area contributed by atoms with E-state index >= 15 is 0 Å². The highest BCUT2D eigenvalue weighted by Crippen LogP contribution is 2.35. The lowest BCUT2D eigenvalue weighted by Crippen LogP contribution is -2.06. The van der Waals surface area contributed by atoms with Crippen molar-refractivity contribution in [3.05, 3.63) is 63.1 Å². The van der Waals surface area contributed by atoms with Crippen molar-refractivity contribution in [1.29, 1.82) is 0 Å². The minimum atomic E-state index is -0.194. The van der Waals surface area contributed by atoms with Crippen LogP contribution in [0.3, 0.4) is 0 Å². The van der Waals surface area contributed by atoms with E-state index in [1.165, 1.54) is 18.1 Å². The van der Waals surface area contributed by atoms with Crippen molar-refractivity contribution in [1.82, 2.24) is 9.97 Å². The Labute approximate surface area is 129 Å². The fourth-order valence-corrected chi connectivity index (χ4v) is 3.04. The summed E-state index contributed by atoms with van der Waals surface area (Å²) in [6, 6.07) is 10.9. The van der Waals surface area contributed by atoms with Crippen molar-refractivity contribution in [3.63, 3.8) is 0 Å². The monoisotopic (exact) mass is 322 g/mol. The molecule has 0 atom stereocenters. The van der Waals surface area contributed by atoms with Crippen LogP contribution in [0.25, 0.3) is 10.9 Å². The first-order valence-corrected chi connectivity index (χ1v) is 7.31. The Balaban J connectivity index is 2.05. The van der Waals surface area contributed by atoms with Crippen LogP contribution < -0.4 is 5.56 Å². The summed E-state index contributed by atoms with van der Waals surface area (Å²) >= 11 is 13.6. The molecule has 0 fully saturated rings. The molecule has 0 saturated carbocycles. The molecule has 1 heterocycles. The Hall–Kier alpha value is -1.49. The molecule has 0 saturated heterocycles. The standard InChI is InChI=1S/C14H8Cl2N2OS/c15-8-1-3-9(4-2-8)20-13-6-12-10(5-11(13)16)14(19)18-7-17-12/h1-7H,(H,17,18,19). The first kappa shape index (κ1) is 13.5. The van der Waals surface area contributed by atoms with Crippen molar-refractivity contribution >= 4 is 45.9 Å². The summed E-state index contributed by atoms with van der Waals surface area (Å²) in [6.45, 7) is 0. The van der Waals surface area contributed by atoms with Crippen LogP contribution in [-0.2, 0) is 0 Å². The normalized spacial score (nSPS) is 10.9. The maximum atomic E-state index is 11.7. The lowest BCUT2D eigenvalue weighted by Gasteiger charge is -2.06. The molecule has 0 spiro atoms. The summed E-state index contributed by atoms with van der Waals surface area (Å²) in [4.78, 5) is 20.2. The molecule has 20 heavy (non-hydrogen) atoms. The molecule has 0 aliphatic heterocycles. The van der Waals surface area contributed by atoms with E-state index in [0.717, 1.165) is 9.79 Å². The topological polar surface area (TPSA) is 45.8 Å². The average molecular weight is 323 g/mol. The third kappa shape index (κ3) is 2.68. The van der Waals surface area contributed by atoms with Gasteiger partial charge in [0, 0.05) is 14.8 Å². The lowest BCUT2D eigenvalue weighted by molar-refractivity contribution is 1.17. The lowest BCUT2D eigenvalue weighted by atomic mass is 10.2. The highest BCUT2D eigenvalue weighted by atomic mass is 35.5. The van der Waals surface area contributed by atoms with Crippen LogP contribution >= 0.6 is 35.0 Å². The number of H-pyrrole nitrogens is 1. The second kappa shape index (κ2) is 5.48. The van der Waals surface area contributed by atoms with Crippen molar-refractivity contribution < 1.29 is 0 Å². The van der Waals surface area contributed by atoms with Crippen molar-refractivity contribution in [2.45, 2.75) is 9.79 Å². The fraction of sp³-hybridized carbons (Fsp3) is 0. The second-order valence-corrected chi connectivity index (χ2v) is 6.05. The number of nitrogens with zero attached hydrogens (tertiary/aromatic N) is 1. The van der Waals surface area contributed by atoms with Crippen LogP contribution in [0.15, 0.2) is 57.3 Å². The van der Waals surface area contributed by atoms with E-state index < -0.39 is 0 Å². The molecule has 0 radical (unpaired) electrons. The van der Waals surface area contributed by atoms with Gasteiger partial charge in [0.15, 0.2) is 0 Å². The fourth-order valence-electron chi connectivity index (χ4n) is 1.78. The molecule has 0 aliphatic rings. The van der Waals surface area contributed by atoms with E-state index in [1.807, 2.05) is 30.3 Å². The van der Waals surface area contributed by atoms with Crippen LogP contribution in [-0.4, -0.2) is 9.97 Å². The summed E-state index contributed by atoms with van der Waals surface area (Å²) in [5.74, 6) is 0. The van der Waals surface area contributed by atoms with Crippen molar-refractivity contribution in [3.8, 4) is 0 Å². The molecule has 0 bridgehead atoms. The van der Waals surface area contributed by atoms with Crippen molar-refractivity contribution in [2.24, 2.45) is 0 Å². The Morgan fingerprint density at radius 3 is 2.60 bits per heavy atom. The molecule has 1 aromatic heterocycles. The van der Waals surface area contributed by atoms with Gasteiger partial charge < -0.3 is 4.98 Å². The van der Waals surface area contributed by atoms with E-state index in [4.69, 9.17) is 23.2 Å². The third-order valence-corrected chi connectivity index (χ3v) is 4.48. The number of fused-ring (bicyclic) bond motifs is 1. The van der Waals surface area contributed by atoms with Crippen molar-refractivity contribution in [2.75, 3.05) is 0 Å². The van der Waals surface area contributed by atoms with Gasteiger partial charge in [-0.25, -0.2) is 4.98 Å². The molecular weight excluding hydrogens is 315 g/mol. The minimum Gasteiger partial charge on any atom is -0.313 e. The zero-order chi connectivity index (χ0) is 14.1. The van der Waals surface area contributed by atoms with Gasteiger partial charge in [0.25, 0.3) is 5.56 Å². The van der Waals surface area contributed by atoms with Gasteiger partial charge in [0.2, 0.25) is 0 Å². The number of rotatable bonds is 2. The van der Waals surface area contributed by atoms with Gasteiger partial charge in [0.1, 0.15) is 0 Å². The van der Waals surface area contributed by atoms with E-state index in [9.17, 15) is 4.79 Å². The summed E-state index contributed by atoms with van der Waals surface area (Å²) < 4.78 is 0. The van der Waals surface area contributed by atoms with Crippen LogP contribution in [0.2, 0.25) is 10.0 Å². The van der Waals surface area contributed by atoms with Crippen LogP contribution in [0.5, 0.6) is 0 Å². The molecule has 3 rings (SSSR count). The number of aromatic amines is 1. The van der Waals surface area contributed by atoms with E-state index in [1.54, 1.807) is 6.07 Å². The number of benzene rings is 2. The molecule has 3 aromatic rings. The van der Waals surface area contributed by atoms with Gasteiger partial charge in [0.05, 0.1) is 22.3 Å².